The van der Waals surface area contributed by atoms with E-state index in [0.717, 1.165) is 33.4 Å². The maximum Gasteiger partial charge on any atom is 0.193 e. The summed E-state index contributed by atoms with van der Waals surface area (Å²) in [5.74, 6) is 0.114. The molecule has 1 aliphatic rings. The Bertz CT molecular complexity index is 723. The van der Waals surface area contributed by atoms with Crippen LogP contribution >= 0.6 is 0 Å². The van der Waals surface area contributed by atoms with Crippen molar-refractivity contribution in [2.45, 2.75) is 13.8 Å². The van der Waals surface area contributed by atoms with Crippen LogP contribution in [0.2, 0.25) is 0 Å². The van der Waals surface area contributed by atoms with Crippen LogP contribution in [-0.4, -0.2) is 5.78 Å². The molecule has 0 spiro atoms. The highest BCUT2D eigenvalue weighted by molar-refractivity contribution is 6.22. The monoisotopic (exact) mass is 286 g/mol. The van der Waals surface area contributed by atoms with Gasteiger partial charge in [0.15, 0.2) is 5.78 Å². The van der Waals surface area contributed by atoms with Gasteiger partial charge in [-0.15, -0.1) is 0 Å². The quantitative estimate of drug-likeness (QED) is 0.704. The topological polar surface area (TPSA) is 17.1 Å². The second-order valence-corrected chi connectivity index (χ2v) is 5.47. The molecule has 2 aromatic carbocycles. The summed E-state index contributed by atoms with van der Waals surface area (Å²) in [7, 11) is 0. The molecule has 1 heteroatoms. The lowest BCUT2D eigenvalue weighted by atomic mass is 9.96. The zero-order valence-electron chi connectivity index (χ0n) is 12.8. The molecule has 0 radical (unpaired) electrons. The number of hydrogen-bond acceptors (Lipinski definition) is 1. The maximum absolute atomic E-state index is 12.8. The van der Waals surface area contributed by atoms with Gasteiger partial charge in [0.1, 0.15) is 0 Å². The van der Waals surface area contributed by atoms with Crippen LogP contribution < -0.4 is 0 Å². The molecule has 22 heavy (non-hydrogen) atoms. The Labute approximate surface area is 131 Å². The van der Waals surface area contributed by atoms with Gasteiger partial charge in [-0.1, -0.05) is 72.8 Å². The third-order valence-electron chi connectivity index (χ3n) is 4.13. The van der Waals surface area contributed by atoms with Crippen molar-refractivity contribution < 1.29 is 4.79 Å². The lowest BCUT2D eigenvalue weighted by Gasteiger charge is -2.07. The van der Waals surface area contributed by atoms with Crippen LogP contribution in [0.3, 0.4) is 0 Å². The Morgan fingerprint density at radius 3 is 1.36 bits per heavy atom. The number of benzene rings is 2. The molecule has 0 heterocycles. The van der Waals surface area contributed by atoms with Crippen LogP contribution in [0.4, 0.5) is 0 Å². The minimum atomic E-state index is 0.114. The fourth-order valence-electron chi connectivity index (χ4n) is 2.74. The molecule has 0 unspecified atom stereocenters. The zero-order valence-corrected chi connectivity index (χ0v) is 12.8. The van der Waals surface area contributed by atoms with E-state index in [0.29, 0.717) is 0 Å². The minimum absolute atomic E-state index is 0.114. The van der Waals surface area contributed by atoms with Crippen molar-refractivity contribution in [3.8, 4) is 0 Å². The van der Waals surface area contributed by atoms with Crippen molar-refractivity contribution >= 4 is 16.9 Å². The Morgan fingerprint density at radius 1 is 0.636 bits per heavy atom. The molecule has 0 saturated heterocycles. The lowest BCUT2D eigenvalue weighted by Crippen LogP contribution is -2.01. The summed E-state index contributed by atoms with van der Waals surface area (Å²) >= 11 is 0. The number of Topliss-reactive ketones (excluding diaryl/α,β-unsaturated/α-hetero) is 1. The van der Waals surface area contributed by atoms with Gasteiger partial charge in [-0.25, -0.2) is 0 Å². The number of ketones is 1. The summed E-state index contributed by atoms with van der Waals surface area (Å²) in [6, 6.07) is 20.1. The molecule has 0 N–H and O–H groups in total. The maximum atomic E-state index is 12.8. The fraction of sp³-hybridized carbons (Fsp3) is 0.0952. The number of carbonyl (C=O) groups excluding carboxylic acids is 1. The Hall–Kier alpha value is -2.67. The van der Waals surface area contributed by atoms with Crippen LogP contribution in [0.1, 0.15) is 25.0 Å². The third kappa shape index (κ3) is 2.58. The van der Waals surface area contributed by atoms with Crippen molar-refractivity contribution in [2.24, 2.45) is 0 Å². The average molecular weight is 286 g/mol. The van der Waals surface area contributed by atoms with Gasteiger partial charge in [-0.05, 0) is 36.1 Å². The number of carbonyl (C=O) groups is 1. The van der Waals surface area contributed by atoms with Crippen molar-refractivity contribution in [3.05, 3.63) is 95.1 Å². The largest absolute Gasteiger partial charge is 0.289 e. The average Bonchev–Trinajstić information content (AvgIpc) is 2.96. The van der Waals surface area contributed by atoms with E-state index in [-0.39, 0.29) is 5.78 Å². The summed E-state index contributed by atoms with van der Waals surface area (Å²) in [4.78, 5) is 12.8. The second kappa shape index (κ2) is 5.98. The summed E-state index contributed by atoms with van der Waals surface area (Å²) in [5.41, 5.74) is 5.81. The van der Waals surface area contributed by atoms with E-state index in [1.165, 1.54) is 0 Å². The predicted molar refractivity (Wildman–Crippen MR) is 92.2 cm³/mol. The molecule has 108 valence electrons. The smallest absolute Gasteiger partial charge is 0.193 e. The Morgan fingerprint density at radius 2 is 1.00 bits per heavy atom. The van der Waals surface area contributed by atoms with Gasteiger partial charge < -0.3 is 0 Å². The highest BCUT2D eigenvalue weighted by Gasteiger charge is 2.22. The van der Waals surface area contributed by atoms with E-state index in [2.05, 4.69) is 0 Å². The molecular formula is C21H18O. The normalized spacial score (nSPS) is 18.5. The fourth-order valence-corrected chi connectivity index (χ4v) is 2.74. The van der Waals surface area contributed by atoms with Gasteiger partial charge in [0.05, 0.1) is 0 Å². The molecule has 1 aliphatic carbocycles. The van der Waals surface area contributed by atoms with Crippen LogP contribution in [0.5, 0.6) is 0 Å². The zero-order chi connectivity index (χ0) is 15.5. The molecule has 0 atom stereocenters. The summed E-state index contributed by atoms with van der Waals surface area (Å²) < 4.78 is 0. The van der Waals surface area contributed by atoms with E-state index in [9.17, 15) is 4.79 Å². The summed E-state index contributed by atoms with van der Waals surface area (Å²) in [5, 5.41) is 0. The first kappa shape index (κ1) is 14.3. The number of allylic oxidation sites excluding steroid dienone is 6. The van der Waals surface area contributed by atoms with E-state index in [1.807, 2.05) is 86.7 Å². The van der Waals surface area contributed by atoms with Crippen molar-refractivity contribution in [2.75, 3.05) is 0 Å². The van der Waals surface area contributed by atoms with Crippen LogP contribution in [0.25, 0.3) is 11.1 Å². The van der Waals surface area contributed by atoms with Gasteiger partial charge >= 0.3 is 0 Å². The summed E-state index contributed by atoms with van der Waals surface area (Å²) in [6.45, 7) is 4.02. The van der Waals surface area contributed by atoms with Crippen molar-refractivity contribution in [1.29, 1.82) is 0 Å². The highest BCUT2D eigenvalue weighted by Crippen LogP contribution is 2.31. The first-order chi connectivity index (χ1) is 10.7. The first-order valence-corrected chi connectivity index (χ1v) is 7.44. The Balaban J connectivity index is 2.02. The molecule has 0 aliphatic heterocycles. The van der Waals surface area contributed by atoms with Crippen molar-refractivity contribution in [1.82, 2.24) is 0 Å². The van der Waals surface area contributed by atoms with Gasteiger partial charge in [-0.2, -0.15) is 0 Å². The van der Waals surface area contributed by atoms with E-state index < -0.39 is 0 Å². The molecule has 0 aromatic heterocycles. The molecule has 2 aromatic rings. The standard InChI is InChI=1S/C21H18O/c1-15(17-9-5-3-6-10-17)19-13-14-20(21(19)22)16(2)18-11-7-4-8-12-18/h3-14H,1-2H3/b19-15-,20-16+. The lowest BCUT2D eigenvalue weighted by molar-refractivity contribution is -0.111. The summed E-state index contributed by atoms with van der Waals surface area (Å²) in [6.07, 6.45) is 3.87. The van der Waals surface area contributed by atoms with Crippen LogP contribution in [0.15, 0.2) is 84.0 Å². The van der Waals surface area contributed by atoms with Crippen molar-refractivity contribution in [3.63, 3.8) is 0 Å². The minimum Gasteiger partial charge on any atom is -0.289 e. The molecule has 0 saturated carbocycles. The molecule has 3 rings (SSSR count). The van der Waals surface area contributed by atoms with E-state index >= 15 is 0 Å². The Kier molecular flexibility index (Phi) is 3.88. The molecule has 1 nitrogen and oxygen atoms in total. The van der Waals surface area contributed by atoms with Gasteiger partial charge in [-0.3, -0.25) is 4.79 Å². The van der Waals surface area contributed by atoms with E-state index in [1.54, 1.807) is 0 Å². The molecular weight excluding hydrogens is 268 g/mol. The predicted octanol–water partition coefficient (Wildman–Crippen LogP) is 5.07. The molecule has 0 bridgehead atoms. The molecule has 0 fully saturated rings. The number of hydrogen-bond donors (Lipinski definition) is 0. The second-order valence-electron chi connectivity index (χ2n) is 5.47. The third-order valence-corrected chi connectivity index (χ3v) is 4.13. The number of rotatable bonds is 2. The molecule has 0 amide bonds. The van der Waals surface area contributed by atoms with Gasteiger partial charge in [0, 0.05) is 11.1 Å². The first-order valence-electron chi connectivity index (χ1n) is 7.44. The van der Waals surface area contributed by atoms with Gasteiger partial charge in [0.2, 0.25) is 0 Å². The van der Waals surface area contributed by atoms with E-state index in [4.69, 9.17) is 0 Å². The van der Waals surface area contributed by atoms with Crippen LogP contribution in [-0.2, 0) is 4.79 Å². The highest BCUT2D eigenvalue weighted by atomic mass is 16.1. The van der Waals surface area contributed by atoms with Crippen LogP contribution in [0, 0.1) is 0 Å². The van der Waals surface area contributed by atoms with Gasteiger partial charge in [0.25, 0.3) is 0 Å². The SMILES string of the molecule is C/C(=C1C=C/C(=C(/C)c2ccccc2)C\1=O)c1ccccc1.